The van der Waals surface area contributed by atoms with Crippen LogP contribution in [0.5, 0.6) is 11.5 Å². The number of rotatable bonds is 8. The van der Waals surface area contributed by atoms with Crippen LogP contribution in [0.25, 0.3) is 33.5 Å². The van der Waals surface area contributed by atoms with Crippen LogP contribution in [-0.4, -0.2) is 35.5 Å². The Bertz CT molecular complexity index is 2150. The summed E-state index contributed by atoms with van der Waals surface area (Å²) in [5.74, 6) is 0.288. The monoisotopic (exact) mass is 674 g/mol. The van der Waals surface area contributed by atoms with Gasteiger partial charge in [0.25, 0.3) is 11.5 Å². The second kappa shape index (κ2) is 12.3. The highest BCUT2D eigenvalue weighted by Gasteiger charge is 2.19. The number of para-hydroxylation sites is 1. The van der Waals surface area contributed by atoms with Crippen molar-refractivity contribution in [3.63, 3.8) is 0 Å². The number of amides is 1. The number of benzene rings is 4. The fraction of sp³-hybridized carbons (Fsp3) is 0.0625. The van der Waals surface area contributed by atoms with E-state index in [9.17, 15) is 14.0 Å². The van der Waals surface area contributed by atoms with Crippen molar-refractivity contribution in [1.29, 1.82) is 0 Å². The van der Waals surface area contributed by atoms with Crippen molar-refractivity contribution < 1.29 is 23.1 Å². The van der Waals surface area contributed by atoms with Gasteiger partial charge in [-0.1, -0.05) is 35.9 Å². The minimum Gasteiger partial charge on any atom is -0.496 e. The maximum Gasteiger partial charge on any atom is 0.282 e. The molecule has 0 fully saturated rings. The Hall–Kier alpha value is -5.00. The summed E-state index contributed by atoms with van der Waals surface area (Å²) >= 11 is 9.75. The second-order valence-corrected chi connectivity index (χ2v) is 10.7. The number of nitrogens with zero attached hydrogens (tertiary/aromatic N) is 3. The van der Waals surface area contributed by atoms with Gasteiger partial charge < -0.3 is 19.2 Å². The topological polar surface area (TPSA) is 108 Å². The first-order chi connectivity index (χ1) is 21.3. The molecule has 6 rings (SSSR count). The Morgan fingerprint density at radius 2 is 1.91 bits per heavy atom. The Morgan fingerprint density at radius 3 is 2.73 bits per heavy atom. The van der Waals surface area contributed by atoms with Gasteiger partial charge in [-0.2, -0.15) is 9.78 Å². The zero-order chi connectivity index (χ0) is 30.8. The van der Waals surface area contributed by atoms with E-state index >= 15 is 0 Å². The first-order valence-electron chi connectivity index (χ1n) is 13.1. The number of aromatic nitrogens is 2. The summed E-state index contributed by atoms with van der Waals surface area (Å²) in [6, 6.07) is 22.7. The van der Waals surface area contributed by atoms with E-state index in [2.05, 4.69) is 26.3 Å². The average Bonchev–Trinajstić information content (AvgIpc) is 3.44. The number of carbonyl (C=O) groups is 1. The van der Waals surface area contributed by atoms with Crippen molar-refractivity contribution in [2.45, 2.75) is 0 Å². The second-order valence-electron chi connectivity index (χ2n) is 9.45. The highest BCUT2D eigenvalue weighted by atomic mass is 79.9. The van der Waals surface area contributed by atoms with Crippen LogP contribution >= 0.6 is 27.5 Å². The van der Waals surface area contributed by atoms with Gasteiger partial charge in [0.05, 0.1) is 34.1 Å². The van der Waals surface area contributed by atoms with E-state index in [0.29, 0.717) is 48.4 Å². The highest BCUT2D eigenvalue weighted by Crippen LogP contribution is 2.34. The molecule has 0 atom stereocenters. The van der Waals surface area contributed by atoms with Gasteiger partial charge in [-0.05, 0) is 76.6 Å². The summed E-state index contributed by atoms with van der Waals surface area (Å²) < 4.78 is 32.5. The molecule has 0 aliphatic heterocycles. The molecular weight excluding hydrogens is 655 g/mol. The maximum atomic E-state index is 13.7. The molecule has 44 heavy (non-hydrogen) atoms. The van der Waals surface area contributed by atoms with Crippen molar-refractivity contribution in [3.05, 3.63) is 116 Å². The van der Waals surface area contributed by atoms with Crippen LogP contribution in [-0.2, 0) is 4.79 Å². The largest absolute Gasteiger partial charge is 0.496 e. The Balaban J connectivity index is 1.39. The molecule has 0 saturated carbocycles. The molecule has 9 nitrogen and oxygen atoms in total. The molecule has 0 aliphatic rings. The standard InChI is InChI=1S/C32H21BrClFN4O5/c1-42-26-10-5-11-27-23(26)15-28(44-27)31-38-25-9-3-2-8-22(25)32(41)39(31)36-16-18-12-19(34)13-24(33)30(18)43-17-29(40)37-21-7-4-6-20(35)14-21/h2-16H,17H2,1H3,(H,37,40). The van der Waals surface area contributed by atoms with E-state index < -0.39 is 23.9 Å². The number of ether oxygens (including phenoxy) is 2. The summed E-state index contributed by atoms with van der Waals surface area (Å²) in [6.07, 6.45) is 1.38. The van der Waals surface area contributed by atoms with Crippen molar-refractivity contribution in [1.82, 2.24) is 9.66 Å². The van der Waals surface area contributed by atoms with E-state index in [0.717, 1.165) is 4.68 Å². The number of furan rings is 1. The minimum atomic E-state index is -0.516. The van der Waals surface area contributed by atoms with Gasteiger partial charge in [0.15, 0.2) is 12.4 Å². The maximum absolute atomic E-state index is 13.7. The van der Waals surface area contributed by atoms with E-state index in [1.807, 2.05) is 0 Å². The van der Waals surface area contributed by atoms with Crippen LogP contribution in [0.3, 0.4) is 0 Å². The molecule has 0 aliphatic carbocycles. The van der Waals surface area contributed by atoms with Gasteiger partial charge in [0.1, 0.15) is 22.9 Å². The summed E-state index contributed by atoms with van der Waals surface area (Å²) in [5, 5.41) is 8.46. The van der Waals surface area contributed by atoms with Crippen molar-refractivity contribution >= 4 is 67.2 Å². The number of fused-ring (bicyclic) bond motifs is 2. The molecule has 6 aromatic rings. The van der Waals surface area contributed by atoms with E-state index in [1.54, 1.807) is 73.8 Å². The summed E-state index contributed by atoms with van der Waals surface area (Å²) in [4.78, 5) is 31.0. The third kappa shape index (κ3) is 5.92. The predicted octanol–water partition coefficient (Wildman–Crippen LogP) is 7.27. The summed E-state index contributed by atoms with van der Waals surface area (Å²) in [5.41, 5.74) is 1.22. The number of methoxy groups -OCH3 is 1. The highest BCUT2D eigenvalue weighted by molar-refractivity contribution is 9.10. The lowest BCUT2D eigenvalue weighted by molar-refractivity contribution is -0.118. The zero-order valence-corrected chi connectivity index (χ0v) is 25.2. The van der Waals surface area contributed by atoms with E-state index in [1.165, 1.54) is 24.4 Å². The van der Waals surface area contributed by atoms with Gasteiger partial charge in [0, 0.05) is 16.3 Å². The van der Waals surface area contributed by atoms with Gasteiger partial charge in [0.2, 0.25) is 5.82 Å². The van der Waals surface area contributed by atoms with Crippen molar-refractivity contribution in [2.24, 2.45) is 5.10 Å². The van der Waals surface area contributed by atoms with Gasteiger partial charge in [-0.25, -0.2) is 9.37 Å². The molecule has 0 radical (unpaired) electrons. The van der Waals surface area contributed by atoms with Crippen LogP contribution in [0.2, 0.25) is 5.02 Å². The smallest absolute Gasteiger partial charge is 0.282 e. The minimum absolute atomic E-state index is 0.154. The molecule has 0 bridgehead atoms. The Morgan fingerprint density at radius 1 is 1.09 bits per heavy atom. The van der Waals surface area contributed by atoms with Gasteiger partial charge >= 0.3 is 0 Å². The molecule has 220 valence electrons. The third-order valence-electron chi connectivity index (χ3n) is 6.52. The van der Waals surface area contributed by atoms with Crippen LogP contribution in [0.4, 0.5) is 10.1 Å². The normalized spacial score (nSPS) is 11.4. The number of halogens is 3. The Labute approximate surface area is 262 Å². The summed E-state index contributed by atoms with van der Waals surface area (Å²) in [7, 11) is 1.56. The molecule has 2 heterocycles. The first-order valence-corrected chi connectivity index (χ1v) is 14.3. The fourth-order valence-electron chi connectivity index (χ4n) is 4.56. The number of carbonyl (C=O) groups excluding carboxylic acids is 1. The SMILES string of the molecule is COc1cccc2oc(-c3nc4ccccc4c(=O)n3N=Cc3cc(Cl)cc(Br)c3OCC(=O)Nc3cccc(F)c3)cc12. The average molecular weight is 676 g/mol. The molecule has 0 unspecified atom stereocenters. The lowest BCUT2D eigenvalue weighted by Crippen LogP contribution is -2.21. The number of hydrogen-bond acceptors (Lipinski definition) is 7. The lowest BCUT2D eigenvalue weighted by Gasteiger charge is -2.12. The third-order valence-corrected chi connectivity index (χ3v) is 7.33. The van der Waals surface area contributed by atoms with Crippen LogP contribution in [0, 0.1) is 5.82 Å². The van der Waals surface area contributed by atoms with Gasteiger partial charge in [-0.15, -0.1) is 0 Å². The predicted molar refractivity (Wildman–Crippen MR) is 170 cm³/mol. The first kappa shape index (κ1) is 29.1. The van der Waals surface area contributed by atoms with Crippen molar-refractivity contribution in [3.8, 4) is 23.1 Å². The van der Waals surface area contributed by atoms with Gasteiger partial charge in [-0.3, -0.25) is 9.59 Å². The lowest BCUT2D eigenvalue weighted by atomic mass is 10.2. The zero-order valence-electron chi connectivity index (χ0n) is 22.9. The number of hydrogen-bond donors (Lipinski definition) is 1. The number of nitrogens with one attached hydrogen (secondary N) is 1. The fourth-order valence-corrected chi connectivity index (χ4v) is 5.51. The van der Waals surface area contributed by atoms with Crippen LogP contribution in [0.15, 0.2) is 104 Å². The Kier molecular flexibility index (Phi) is 8.14. The molecule has 4 aromatic carbocycles. The van der Waals surface area contributed by atoms with Crippen LogP contribution in [0.1, 0.15) is 5.56 Å². The number of anilines is 1. The molecule has 0 saturated heterocycles. The molecule has 0 spiro atoms. The van der Waals surface area contributed by atoms with E-state index in [-0.39, 0.29) is 17.3 Å². The molecular formula is C32H21BrClFN4O5. The van der Waals surface area contributed by atoms with Crippen molar-refractivity contribution in [2.75, 3.05) is 19.0 Å². The summed E-state index contributed by atoms with van der Waals surface area (Å²) in [6.45, 7) is -0.402. The van der Waals surface area contributed by atoms with E-state index in [4.69, 9.17) is 30.5 Å². The molecule has 1 N–H and O–H groups in total. The quantitative estimate of drug-likeness (QED) is 0.170. The molecule has 2 aromatic heterocycles. The van der Waals surface area contributed by atoms with Crippen LogP contribution < -0.4 is 20.3 Å². The molecule has 12 heteroatoms. The molecule has 1 amide bonds.